The third-order valence-corrected chi connectivity index (χ3v) is 5.97. The van der Waals surface area contributed by atoms with Gasteiger partial charge in [0.15, 0.2) is 11.5 Å². The molecule has 28 heavy (non-hydrogen) atoms. The normalized spacial score (nSPS) is 27.0. The Morgan fingerprint density at radius 1 is 1.04 bits per heavy atom. The van der Waals surface area contributed by atoms with Crippen LogP contribution in [0.5, 0.6) is 11.5 Å². The molecule has 0 radical (unpaired) electrons. The lowest BCUT2D eigenvalue weighted by molar-refractivity contribution is -0.384. The third kappa shape index (κ3) is 2.75. The fourth-order valence-corrected chi connectivity index (χ4v) is 4.79. The zero-order valence-electron chi connectivity index (χ0n) is 16.0. The highest BCUT2D eigenvalue weighted by atomic mass is 16.7. The van der Waals surface area contributed by atoms with Crippen molar-refractivity contribution >= 4 is 5.69 Å². The molecule has 0 N–H and O–H groups in total. The molecule has 0 bridgehead atoms. The molecule has 2 aliphatic heterocycles. The molecule has 0 spiro atoms. The topological polar surface area (TPSA) is 70.8 Å². The molecule has 0 saturated heterocycles. The van der Waals surface area contributed by atoms with Crippen LogP contribution in [0.25, 0.3) is 0 Å². The Balaban J connectivity index is 1.63. The second-order valence-corrected chi connectivity index (χ2v) is 8.29. The summed E-state index contributed by atoms with van der Waals surface area (Å²) in [5, 5.41) is 11.0. The number of nitro benzene ring substituents is 1. The van der Waals surface area contributed by atoms with Crippen LogP contribution in [0, 0.1) is 10.1 Å². The largest absolute Gasteiger partial charge is 0.449 e. The van der Waals surface area contributed by atoms with Crippen LogP contribution in [-0.4, -0.2) is 16.8 Å². The van der Waals surface area contributed by atoms with Gasteiger partial charge in [-0.3, -0.25) is 10.1 Å². The van der Waals surface area contributed by atoms with Crippen molar-refractivity contribution in [1.29, 1.82) is 0 Å². The quantitative estimate of drug-likeness (QED) is 0.525. The molecular weight excluding hydrogens is 358 g/mol. The van der Waals surface area contributed by atoms with Crippen LogP contribution >= 0.6 is 0 Å². The molecule has 5 rings (SSSR count). The Morgan fingerprint density at radius 3 is 2.54 bits per heavy atom. The van der Waals surface area contributed by atoms with Gasteiger partial charge in [0.25, 0.3) is 5.69 Å². The number of nitrogens with zero attached hydrogens (tertiary/aromatic N) is 1. The lowest BCUT2D eigenvalue weighted by Crippen LogP contribution is -2.34. The van der Waals surface area contributed by atoms with Crippen LogP contribution < -0.4 is 9.47 Å². The van der Waals surface area contributed by atoms with Crippen molar-refractivity contribution in [2.45, 2.75) is 63.4 Å². The van der Waals surface area contributed by atoms with E-state index in [1.807, 2.05) is 19.9 Å². The molecule has 6 heteroatoms. The molecule has 1 aliphatic carbocycles. The summed E-state index contributed by atoms with van der Waals surface area (Å²) in [5.74, 6) is 1.25. The molecule has 1 fully saturated rings. The van der Waals surface area contributed by atoms with Gasteiger partial charge >= 0.3 is 0 Å². The van der Waals surface area contributed by atoms with Gasteiger partial charge in [-0.15, -0.1) is 0 Å². The summed E-state index contributed by atoms with van der Waals surface area (Å²) in [6.45, 7) is 3.84. The van der Waals surface area contributed by atoms with Crippen molar-refractivity contribution in [1.82, 2.24) is 0 Å². The predicted octanol–water partition coefficient (Wildman–Crippen LogP) is 5.25. The monoisotopic (exact) mass is 381 g/mol. The van der Waals surface area contributed by atoms with Gasteiger partial charge in [-0.1, -0.05) is 18.9 Å². The summed E-state index contributed by atoms with van der Waals surface area (Å²) in [4.78, 5) is 10.6. The molecule has 0 amide bonds. The maximum Gasteiger partial charge on any atom is 0.269 e. The number of rotatable bonds is 2. The highest BCUT2D eigenvalue weighted by Gasteiger charge is 2.44. The number of nitro groups is 1. The lowest BCUT2D eigenvalue weighted by atomic mass is 9.75. The third-order valence-electron chi connectivity index (χ3n) is 5.97. The zero-order valence-corrected chi connectivity index (χ0v) is 16.0. The van der Waals surface area contributed by atoms with Gasteiger partial charge in [-0.25, -0.2) is 0 Å². The van der Waals surface area contributed by atoms with Crippen molar-refractivity contribution in [3.63, 3.8) is 0 Å². The highest BCUT2D eigenvalue weighted by molar-refractivity contribution is 5.58. The Hall–Kier alpha value is -2.60. The molecule has 0 unspecified atom stereocenters. The minimum absolute atomic E-state index is 0.0859. The van der Waals surface area contributed by atoms with Crippen LogP contribution in [0.15, 0.2) is 36.4 Å². The van der Waals surface area contributed by atoms with Crippen LogP contribution in [0.3, 0.4) is 0 Å². The first-order valence-corrected chi connectivity index (χ1v) is 9.87. The zero-order chi connectivity index (χ0) is 19.5. The Morgan fingerprint density at radius 2 is 1.79 bits per heavy atom. The summed E-state index contributed by atoms with van der Waals surface area (Å²) >= 11 is 0. The van der Waals surface area contributed by atoms with Gasteiger partial charge in [0.05, 0.1) is 11.0 Å². The molecule has 1 saturated carbocycles. The molecule has 6 nitrogen and oxygen atoms in total. The average molecular weight is 381 g/mol. The van der Waals surface area contributed by atoms with Crippen molar-refractivity contribution in [2.24, 2.45) is 0 Å². The van der Waals surface area contributed by atoms with Gasteiger partial charge in [0, 0.05) is 37.5 Å². The number of hydrogen-bond donors (Lipinski definition) is 0. The maximum atomic E-state index is 11.0. The molecule has 2 aromatic carbocycles. The number of ether oxygens (including phenoxy) is 3. The summed E-state index contributed by atoms with van der Waals surface area (Å²) in [6, 6.07) is 10.7. The molecule has 146 valence electrons. The lowest BCUT2D eigenvalue weighted by Gasteiger charge is -2.41. The van der Waals surface area contributed by atoms with Gasteiger partial charge in [-0.2, -0.15) is 0 Å². The van der Waals surface area contributed by atoms with Gasteiger partial charge in [0.1, 0.15) is 6.10 Å². The van der Waals surface area contributed by atoms with E-state index in [9.17, 15) is 10.1 Å². The number of benzene rings is 2. The van der Waals surface area contributed by atoms with Crippen molar-refractivity contribution in [2.75, 3.05) is 0 Å². The van der Waals surface area contributed by atoms with Crippen LogP contribution in [0.4, 0.5) is 5.69 Å². The van der Waals surface area contributed by atoms with Crippen molar-refractivity contribution in [3.8, 4) is 11.5 Å². The van der Waals surface area contributed by atoms with Gasteiger partial charge in [0.2, 0.25) is 5.79 Å². The van der Waals surface area contributed by atoms with Crippen molar-refractivity contribution in [3.05, 3.63) is 63.2 Å². The Kier molecular flexibility index (Phi) is 3.88. The second kappa shape index (κ2) is 6.21. The fourth-order valence-electron chi connectivity index (χ4n) is 4.79. The van der Waals surface area contributed by atoms with E-state index in [-0.39, 0.29) is 22.8 Å². The van der Waals surface area contributed by atoms with E-state index in [1.54, 1.807) is 24.3 Å². The first-order chi connectivity index (χ1) is 13.4. The molecule has 3 atom stereocenters. The molecule has 2 aromatic rings. The van der Waals surface area contributed by atoms with Gasteiger partial charge in [-0.05, 0) is 42.2 Å². The van der Waals surface area contributed by atoms with E-state index in [1.165, 1.54) is 12.0 Å². The van der Waals surface area contributed by atoms with Crippen LogP contribution in [-0.2, 0) is 4.74 Å². The van der Waals surface area contributed by atoms with E-state index in [0.29, 0.717) is 5.92 Å². The first-order valence-electron chi connectivity index (χ1n) is 9.87. The van der Waals surface area contributed by atoms with E-state index < -0.39 is 5.79 Å². The van der Waals surface area contributed by atoms with Crippen LogP contribution in [0.1, 0.15) is 68.2 Å². The SMILES string of the molecule is CC1(C)Oc2ccc3c(c2O1)[C@@H]1CCCC[C@H]1O[C@H]3c1ccc([N+](=O)[O-])cc1. The maximum absolute atomic E-state index is 11.0. The average Bonchev–Trinajstić information content (AvgIpc) is 3.01. The minimum atomic E-state index is -0.678. The van der Waals surface area contributed by atoms with E-state index >= 15 is 0 Å². The first kappa shape index (κ1) is 17.5. The smallest absolute Gasteiger partial charge is 0.269 e. The molecular formula is C22H23NO5. The Bertz CT molecular complexity index is 937. The molecule has 3 aliphatic rings. The standard InChI is InChI=1S/C22H23NO5/c1-22(2)27-18-12-11-16-19(21(18)28-22)15-5-3-4-6-17(15)26-20(16)13-7-9-14(10-8-13)23(24)25/h7-12,15,17,20H,3-6H2,1-2H3/t15-,17-,20+/m1/s1. The molecule has 2 heterocycles. The fraction of sp³-hybridized carbons (Fsp3) is 0.455. The van der Waals surface area contributed by atoms with E-state index in [2.05, 4.69) is 6.07 Å². The van der Waals surface area contributed by atoms with E-state index in [4.69, 9.17) is 14.2 Å². The summed E-state index contributed by atoms with van der Waals surface area (Å²) in [7, 11) is 0. The minimum Gasteiger partial charge on any atom is -0.449 e. The molecule has 0 aromatic heterocycles. The Labute approximate surface area is 163 Å². The van der Waals surface area contributed by atoms with Crippen molar-refractivity contribution < 1.29 is 19.1 Å². The number of hydrogen-bond acceptors (Lipinski definition) is 5. The number of fused-ring (bicyclic) bond motifs is 5. The summed E-state index contributed by atoms with van der Waals surface area (Å²) in [5.41, 5.74) is 3.29. The number of non-ortho nitro benzene ring substituents is 1. The summed E-state index contributed by atoms with van der Waals surface area (Å²) in [6.07, 6.45) is 4.29. The second-order valence-electron chi connectivity index (χ2n) is 8.29. The highest BCUT2D eigenvalue weighted by Crippen LogP contribution is 2.55. The van der Waals surface area contributed by atoms with E-state index in [0.717, 1.165) is 41.9 Å². The summed E-state index contributed by atoms with van der Waals surface area (Å²) < 4.78 is 18.7. The van der Waals surface area contributed by atoms with Gasteiger partial charge < -0.3 is 14.2 Å². The van der Waals surface area contributed by atoms with Crippen LogP contribution in [0.2, 0.25) is 0 Å². The predicted molar refractivity (Wildman–Crippen MR) is 103 cm³/mol.